The van der Waals surface area contributed by atoms with E-state index in [0.717, 1.165) is 22.7 Å². The molecule has 2 aromatic rings. The predicted octanol–water partition coefficient (Wildman–Crippen LogP) is 2.12. The lowest BCUT2D eigenvalue weighted by Gasteiger charge is -2.07. The fraction of sp³-hybridized carbons (Fsp3) is 0.308. The van der Waals surface area contributed by atoms with Crippen molar-refractivity contribution in [2.75, 3.05) is 7.11 Å². The number of ether oxygens (including phenoxy) is 1. The summed E-state index contributed by atoms with van der Waals surface area (Å²) < 4.78 is 7.18. The van der Waals surface area contributed by atoms with Crippen LogP contribution in [-0.2, 0) is 7.05 Å². The summed E-state index contributed by atoms with van der Waals surface area (Å²) in [5.74, 6) is 0.840. The van der Waals surface area contributed by atoms with Crippen molar-refractivity contribution >= 4 is 0 Å². The summed E-state index contributed by atoms with van der Waals surface area (Å²) in [5, 5.41) is 4.40. The van der Waals surface area contributed by atoms with Crippen LogP contribution in [-0.4, -0.2) is 16.9 Å². The molecular weight excluding hydrogens is 214 g/mol. The van der Waals surface area contributed by atoms with Crippen molar-refractivity contribution < 1.29 is 4.74 Å². The van der Waals surface area contributed by atoms with Gasteiger partial charge in [-0.25, -0.2) is 0 Å². The van der Waals surface area contributed by atoms with E-state index in [-0.39, 0.29) is 6.04 Å². The molecule has 1 aromatic carbocycles. The van der Waals surface area contributed by atoms with Gasteiger partial charge in [0.05, 0.1) is 18.5 Å². The van der Waals surface area contributed by atoms with Crippen molar-refractivity contribution in [2.24, 2.45) is 12.8 Å². The van der Waals surface area contributed by atoms with Crippen molar-refractivity contribution in [1.29, 1.82) is 0 Å². The zero-order valence-corrected chi connectivity index (χ0v) is 10.3. The van der Waals surface area contributed by atoms with Crippen molar-refractivity contribution in [3.63, 3.8) is 0 Å². The summed E-state index contributed by atoms with van der Waals surface area (Å²) in [5.41, 5.74) is 8.75. The SMILES string of the molecule is COc1ccccc1-c1cc(C(C)N)nn1C. The summed E-state index contributed by atoms with van der Waals surface area (Å²) in [6.45, 7) is 1.92. The van der Waals surface area contributed by atoms with Gasteiger partial charge in [-0.1, -0.05) is 12.1 Å². The Kier molecular flexibility index (Phi) is 3.15. The van der Waals surface area contributed by atoms with E-state index in [0.29, 0.717) is 0 Å². The second-order valence-electron chi connectivity index (χ2n) is 4.07. The lowest BCUT2D eigenvalue weighted by atomic mass is 10.1. The molecule has 4 heteroatoms. The molecule has 0 saturated carbocycles. The van der Waals surface area contributed by atoms with Crippen molar-refractivity contribution in [1.82, 2.24) is 9.78 Å². The van der Waals surface area contributed by atoms with Crippen LogP contribution >= 0.6 is 0 Å². The van der Waals surface area contributed by atoms with Crippen LogP contribution in [0.4, 0.5) is 0 Å². The first-order valence-electron chi connectivity index (χ1n) is 5.56. The zero-order valence-electron chi connectivity index (χ0n) is 10.3. The van der Waals surface area contributed by atoms with Gasteiger partial charge >= 0.3 is 0 Å². The number of nitrogens with two attached hydrogens (primary N) is 1. The number of para-hydroxylation sites is 1. The molecule has 0 radical (unpaired) electrons. The molecule has 1 heterocycles. The first kappa shape index (κ1) is 11.7. The molecule has 0 saturated heterocycles. The van der Waals surface area contributed by atoms with Gasteiger partial charge in [-0.2, -0.15) is 5.10 Å². The molecule has 0 aliphatic rings. The number of nitrogens with zero attached hydrogens (tertiary/aromatic N) is 2. The van der Waals surface area contributed by atoms with Crippen LogP contribution in [0.1, 0.15) is 18.7 Å². The van der Waals surface area contributed by atoms with E-state index in [4.69, 9.17) is 10.5 Å². The third kappa shape index (κ3) is 2.17. The maximum Gasteiger partial charge on any atom is 0.128 e. The highest BCUT2D eigenvalue weighted by Crippen LogP contribution is 2.30. The van der Waals surface area contributed by atoms with E-state index < -0.39 is 0 Å². The first-order valence-corrected chi connectivity index (χ1v) is 5.56. The van der Waals surface area contributed by atoms with E-state index in [1.165, 1.54) is 0 Å². The van der Waals surface area contributed by atoms with Gasteiger partial charge in [-0.15, -0.1) is 0 Å². The van der Waals surface area contributed by atoms with Crippen LogP contribution < -0.4 is 10.5 Å². The van der Waals surface area contributed by atoms with Gasteiger partial charge in [0.1, 0.15) is 5.75 Å². The molecule has 4 nitrogen and oxygen atoms in total. The molecule has 0 amide bonds. The van der Waals surface area contributed by atoms with Crippen LogP contribution in [0.25, 0.3) is 11.3 Å². The number of rotatable bonds is 3. The normalized spacial score (nSPS) is 12.5. The summed E-state index contributed by atoms with van der Waals surface area (Å²) >= 11 is 0. The Morgan fingerprint density at radius 2 is 2.06 bits per heavy atom. The highest BCUT2D eigenvalue weighted by molar-refractivity contribution is 5.67. The van der Waals surface area contributed by atoms with Gasteiger partial charge in [-0.3, -0.25) is 4.68 Å². The molecule has 1 atom stereocenters. The summed E-state index contributed by atoms with van der Waals surface area (Å²) in [6, 6.07) is 9.82. The Morgan fingerprint density at radius 1 is 1.35 bits per heavy atom. The van der Waals surface area contributed by atoms with Crippen LogP contribution in [0.2, 0.25) is 0 Å². The lowest BCUT2D eigenvalue weighted by molar-refractivity contribution is 0.416. The van der Waals surface area contributed by atoms with E-state index in [1.807, 2.05) is 49.0 Å². The molecule has 2 rings (SSSR count). The monoisotopic (exact) mass is 231 g/mol. The summed E-state index contributed by atoms with van der Waals surface area (Å²) in [7, 11) is 3.58. The molecule has 0 aliphatic carbocycles. The van der Waals surface area contributed by atoms with E-state index >= 15 is 0 Å². The van der Waals surface area contributed by atoms with Crippen LogP contribution in [0.5, 0.6) is 5.75 Å². The summed E-state index contributed by atoms with van der Waals surface area (Å²) in [4.78, 5) is 0. The molecule has 0 spiro atoms. The molecule has 0 fully saturated rings. The third-order valence-corrected chi connectivity index (χ3v) is 2.75. The Balaban J connectivity index is 2.52. The molecule has 1 unspecified atom stereocenters. The van der Waals surface area contributed by atoms with Crippen molar-refractivity contribution in [2.45, 2.75) is 13.0 Å². The van der Waals surface area contributed by atoms with Gasteiger partial charge in [0.2, 0.25) is 0 Å². The van der Waals surface area contributed by atoms with Crippen LogP contribution in [0.3, 0.4) is 0 Å². The average Bonchev–Trinajstić information content (AvgIpc) is 2.71. The minimum atomic E-state index is -0.0651. The number of hydrogen-bond acceptors (Lipinski definition) is 3. The largest absolute Gasteiger partial charge is 0.496 e. The van der Waals surface area contributed by atoms with Gasteiger partial charge < -0.3 is 10.5 Å². The minimum Gasteiger partial charge on any atom is -0.496 e. The standard InChI is InChI=1S/C13H17N3O/c1-9(14)11-8-12(16(2)15-11)10-6-4-5-7-13(10)17-3/h4-9H,14H2,1-3H3. The smallest absolute Gasteiger partial charge is 0.128 e. The fourth-order valence-corrected chi connectivity index (χ4v) is 1.82. The molecule has 0 bridgehead atoms. The van der Waals surface area contributed by atoms with Gasteiger partial charge in [0, 0.05) is 18.7 Å². The van der Waals surface area contributed by atoms with Crippen LogP contribution in [0.15, 0.2) is 30.3 Å². The second-order valence-corrected chi connectivity index (χ2v) is 4.07. The van der Waals surface area contributed by atoms with E-state index in [9.17, 15) is 0 Å². The third-order valence-electron chi connectivity index (χ3n) is 2.75. The molecular formula is C13H17N3O. The van der Waals surface area contributed by atoms with E-state index in [1.54, 1.807) is 7.11 Å². The molecule has 17 heavy (non-hydrogen) atoms. The highest BCUT2D eigenvalue weighted by Gasteiger charge is 2.13. The Morgan fingerprint density at radius 3 is 2.65 bits per heavy atom. The number of aryl methyl sites for hydroxylation is 1. The Labute approximate surface area is 101 Å². The fourth-order valence-electron chi connectivity index (χ4n) is 1.82. The average molecular weight is 231 g/mol. The number of hydrogen-bond donors (Lipinski definition) is 1. The quantitative estimate of drug-likeness (QED) is 0.880. The Hall–Kier alpha value is -1.81. The molecule has 1 aromatic heterocycles. The maximum absolute atomic E-state index is 5.84. The lowest BCUT2D eigenvalue weighted by Crippen LogP contribution is -2.06. The topological polar surface area (TPSA) is 53.1 Å². The first-order chi connectivity index (χ1) is 8.13. The molecule has 90 valence electrons. The van der Waals surface area contributed by atoms with Gasteiger partial charge in [0.25, 0.3) is 0 Å². The maximum atomic E-state index is 5.84. The highest BCUT2D eigenvalue weighted by atomic mass is 16.5. The van der Waals surface area contributed by atoms with Gasteiger partial charge in [-0.05, 0) is 25.1 Å². The minimum absolute atomic E-state index is 0.0651. The van der Waals surface area contributed by atoms with Crippen molar-refractivity contribution in [3.05, 3.63) is 36.0 Å². The number of aromatic nitrogens is 2. The van der Waals surface area contributed by atoms with Crippen molar-refractivity contribution in [3.8, 4) is 17.0 Å². The molecule has 2 N–H and O–H groups in total. The zero-order chi connectivity index (χ0) is 12.4. The predicted molar refractivity (Wildman–Crippen MR) is 67.8 cm³/mol. The number of benzene rings is 1. The second kappa shape index (κ2) is 4.59. The van der Waals surface area contributed by atoms with Gasteiger partial charge in [0.15, 0.2) is 0 Å². The van der Waals surface area contributed by atoms with Crippen LogP contribution in [0, 0.1) is 0 Å². The number of methoxy groups -OCH3 is 1. The van der Waals surface area contributed by atoms with E-state index in [2.05, 4.69) is 5.10 Å². The Bertz CT molecular complexity index is 517. The summed E-state index contributed by atoms with van der Waals surface area (Å²) in [6.07, 6.45) is 0. The molecule has 0 aliphatic heterocycles.